The van der Waals surface area contributed by atoms with Crippen LogP contribution in [0.2, 0.25) is 0 Å². The molecule has 0 spiro atoms. The highest BCUT2D eigenvalue weighted by atomic mass is 19.4. The first-order valence-corrected chi connectivity index (χ1v) is 8.77. The van der Waals surface area contributed by atoms with Gasteiger partial charge in [-0.3, -0.25) is 9.59 Å². The van der Waals surface area contributed by atoms with Crippen molar-refractivity contribution < 1.29 is 33.0 Å². The Morgan fingerprint density at radius 3 is 2.23 bits per heavy atom. The molecule has 3 aromatic rings. The fourth-order valence-electron chi connectivity index (χ4n) is 2.94. The van der Waals surface area contributed by atoms with E-state index in [1.165, 1.54) is 24.3 Å². The number of aliphatic carboxylic acids is 1. The molecule has 0 atom stereocenters. The van der Waals surface area contributed by atoms with Crippen molar-refractivity contribution in [2.75, 3.05) is 5.32 Å². The van der Waals surface area contributed by atoms with Crippen LogP contribution >= 0.6 is 0 Å². The minimum absolute atomic E-state index is 0.0504. The molecule has 0 heterocycles. The summed E-state index contributed by atoms with van der Waals surface area (Å²) in [6, 6.07) is 15.2. The van der Waals surface area contributed by atoms with Gasteiger partial charge in [-0.05, 0) is 41.0 Å². The zero-order valence-corrected chi connectivity index (χ0v) is 15.4. The van der Waals surface area contributed by atoms with E-state index in [1.54, 1.807) is 30.3 Å². The Balaban J connectivity index is 1.99. The number of carboxylic acid groups (broad SMARTS) is 1. The molecule has 3 aromatic carbocycles. The number of phenols is 1. The molecule has 1 amide bonds. The summed E-state index contributed by atoms with van der Waals surface area (Å²) in [4.78, 5) is 23.6. The van der Waals surface area contributed by atoms with Gasteiger partial charge in [0.1, 0.15) is 5.75 Å². The number of amides is 1. The van der Waals surface area contributed by atoms with Crippen LogP contribution in [0.25, 0.3) is 11.1 Å². The van der Waals surface area contributed by atoms with Crippen LogP contribution < -0.4 is 5.32 Å². The maximum Gasteiger partial charge on any atom is 0.416 e. The summed E-state index contributed by atoms with van der Waals surface area (Å²) in [5.74, 6) is -2.33. The van der Waals surface area contributed by atoms with Crippen LogP contribution in [0.15, 0.2) is 66.7 Å². The zero-order valence-electron chi connectivity index (χ0n) is 15.4. The third kappa shape index (κ3) is 4.78. The zero-order chi connectivity index (χ0) is 21.9. The summed E-state index contributed by atoms with van der Waals surface area (Å²) in [5, 5.41) is 21.3. The van der Waals surface area contributed by atoms with Crippen LogP contribution in [-0.4, -0.2) is 22.1 Å². The molecule has 0 aliphatic heterocycles. The van der Waals surface area contributed by atoms with Gasteiger partial charge >= 0.3 is 12.1 Å². The molecule has 0 fully saturated rings. The Morgan fingerprint density at radius 1 is 0.933 bits per heavy atom. The summed E-state index contributed by atoms with van der Waals surface area (Å²) in [7, 11) is 0. The van der Waals surface area contributed by atoms with Gasteiger partial charge in [-0.25, -0.2) is 0 Å². The minimum Gasteiger partial charge on any atom is -0.506 e. The van der Waals surface area contributed by atoms with Crippen LogP contribution in [0.1, 0.15) is 21.5 Å². The van der Waals surface area contributed by atoms with Gasteiger partial charge < -0.3 is 15.5 Å². The monoisotopic (exact) mass is 415 g/mol. The first-order chi connectivity index (χ1) is 14.1. The van der Waals surface area contributed by atoms with Crippen LogP contribution in [-0.2, 0) is 17.4 Å². The summed E-state index contributed by atoms with van der Waals surface area (Å²) in [6.07, 6.45) is -4.96. The normalized spacial score (nSPS) is 11.2. The maximum absolute atomic E-state index is 13.2. The number of rotatable bonds is 5. The predicted octanol–water partition coefficient (Wildman–Crippen LogP) is 4.96. The number of aromatic hydroxyl groups is 1. The summed E-state index contributed by atoms with van der Waals surface area (Å²) >= 11 is 0. The Bertz CT molecular complexity index is 1100. The van der Waals surface area contributed by atoms with Crippen molar-refractivity contribution in [3.63, 3.8) is 0 Å². The Hall–Kier alpha value is -3.81. The number of carbonyl (C=O) groups is 2. The molecule has 0 bridgehead atoms. The average molecular weight is 415 g/mol. The van der Waals surface area contributed by atoms with Gasteiger partial charge in [0.15, 0.2) is 0 Å². The topological polar surface area (TPSA) is 86.6 Å². The van der Waals surface area contributed by atoms with Crippen LogP contribution in [0.5, 0.6) is 5.75 Å². The van der Waals surface area contributed by atoms with Crippen molar-refractivity contribution in [3.05, 3.63) is 83.4 Å². The van der Waals surface area contributed by atoms with Crippen molar-refractivity contribution >= 4 is 17.6 Å². The van der Waals surface area contributed by atoms with Gasteiger partial charge in [0.2, 0.25) is 0 Å². The number of carboxylic acids is 1. The highest BCUT2D eigenvalue weighted by Gasteiger charge is 2.32. The number of benzene rings is 3. The fourth-order valence-corrected chi connectivity index (χ4v) is 2.94. The number of halogens is 3. The van der Waals surface area contributed by atoms with E-state index in [9.17, 15) is 27.9 Å². The van der Waals surface area contributed by atoms with E-state index < -0.39 is 29.4 Å². The Kier molecular flexibility index (Phi) is 5.77. The van der Waals surface area contributed by atoms with Crippen molar-refractivity contribution in [1.29, 1.82) is 0 Å². The third-order valence-electron chi connectivity index (χ3n) is 4.34. The van der Waals surface area contributed by atoms with Gasteiger partial charge in [-0.1, -0.05) is 42.5 Å². The lowest BCUT2D eigenvalue weighted by atomic mass is 9.96. The smallest absolute Gasteiger partial charge is 0.416 e. The second kappa shape index (κ2) is 8.28. The molecule has 3 N–H and O–H groups in total. The third-order valence-corrected chi connectivity index (χ3v) is 4.34. The van der Waals surface area contributed by atoms with E-state index in [-0.39, 0.29) is 17.7 Å². The number of hydrogen-bond acceptors (Lipinski definition) is 3. The molecule has 8 heteroatoms. The van der Waals surface area contributed by atoms with Crippen LogP contribution in [0, 0.1) is 0 Å². The number of hydrogen-bond donors (Lipinski definition) is 3. The first kappa shape index (κ1) is 20.9. The summed E-state index contributed by atoms with van der Waals surface area (Å²) in [6.45, 7) is 0. The molecule has 0 aromatic heterocycles. The number of carbonyl (C=O) groups excluding carboxylic acids is 1. The van der Waals surface area contributed by atoms with Gasteiger partial charge in [0.25, 0.3) is 5.91 Å². The lowest BCUT2D eigenvalue weighted by molar-refractivity contribution is -0.138. The van der Waals surface area contributed by atoms with Crippen LogP contribution in [0.3, 0.4) is 0 Å². The second-order valence-electron chi connectivity index (χ2n) is 6.50. The van der Waals surface area contributed by atoms with Gasteiger partial charge in [0.05, 0.1) is 17.7 Å². The largest absolute Gasteiger partial charge is 0.506 e. The number of anilines is 1. The summed E-state index contributed by atoms with van der Waals surface area (Å²) < 4.78 is 39.6. The summed E-state index contributed by atoms with van der Waals surface area (Å²) in [5.41, 5.74) is -0.0912. The van der Waals surface area contributed by atoms with Crippen molar-refractivity contribution in [3.8, 4) is 16.9 Å². The van der Waals surface area contributed by atoms with Crippen LogP contribution in [0.4, 0.5) is 18.9 Å². The Labute approximate surface area is 169 Å². The van der Waals surface area contributed by atoms with Crippen molar-refractivity contribution in [2.24, 2.45) is 0 Å². The second-order valence-corrected chi connectivity index (χ2v) is 6.50. The van der Waals surface area contributed by atoms with E-state index in [0.29, 0.717) is 16.7 Å². The quantitative estimate of drug-likeness (QED) is 0.514. The van der Waals surface area contributed by atoms with Crippen molar-refractivity contribution in [1.82, 2.24) is 0 Å². The molecule has 0 unspecified atom stereocenters. The van der Waals surface area contributed by atoms with Gasteiger partial charge in [-0.15, -0.1) is 0 Å². The van der Waals surface area contributed by atoms with E-state index >= 15 is 0 Å². The van der Waals surface area contributed by atoms with E-state index in [4.69, 9.17) is 5.11 Å². The molecule has 0 radical (unpaired) electrons. The minimum atomic E-state index is -4.63. The van der Waals surface area contributed by atoms with E-state index in [1.807, 2.05) is 0 Å². The lowest BCUT2D eigenvalue weighted by Crippen LogP contribution is -2.15. The number of alkyl halides is 3. The molecular weight excluding hydrogens is 399 g/mol. The van der Waals surface area contributed by atoms with Gasteiger partial charge in [-0.2, -0.15) is 13.2 Å². The standard InChI is InChI=1S/C22H16F3NO4/c23-22(24,25)15-7-8-16(14-4-2-1-3-5-14)17(12-15)21(30)26-18-9-6-13(10-19(18)27)11-20(28)29/h1-10,12,27H,11H2,(H,26,30)(H,28,29). The van der Waals surface area contributed by atoms with E-state index in [2.05, 4.69) is 5.32 Å². The molecule has 5 nitrogen and oxygen atoms in total. The predicted molar refractivity (Wildman–Crippen MR) is 104 cm³/mol. The highest BCUT2D eigenvalue weighted by Crippen LogP contribution is 2.34. The average Bonchev–Trinajstić information content (AvgIpc) is 2.69. The van der Waals surface area contributed by atoms with E-state index in [0.717, 1.165) is 12.1 Å². The molecule has 154 valence electrons. The molecule has 0 aliphatic rings. The molecule has 3 rings (SSSR count). The Morgan fingerprint density at radius 2 is 1.63 bits per heavy atom. The molecule has 30 heavy (non-hydrogen) atoms. The van der Waals surface area contributed by atoms with Gasteiger partial charge in [0, 0.05) is 5.56 Å². The molecular formula is C22H16F3NO4. The maximum atomic E-state index is 13.2. The molecule has 0 aliphatic carbocycles. The number of phenolic OH excluding ortho intramolecular Hbond substituents is 1. The lowest BCUT2D eigenvalue weighted by Gasteiger charge is -2.15. The van der Waals surface area contributed by atoms with Crippen molar-refractivity contribution in [2.45, 2.75) is 12.6 Å². The fraction of sp³-hybridized carbons (Fsp3) is 0.0909. The molecule has 0 saturated carbocycles. The SMILES string of the molecule is O=C(O)Cc1ccc(NC(=O)c2cc(C(F)(F)F)ccc2-c2ccccc2)c(O)c1. The number of nitrogens with one attached hydrogen (secondary N) is 1. The first-order valence-electron chi connectivity index (χ1n) is 8.77. The molecule has 0 saturated heterocycles. The highest BCUT2D eigenvalue weighted by molar-refractivity contribution is 6.09.